The Bertz CT molecular complexity index is 820. The number of nitrogens with zero attached hydrogens (tertiary/aromatic N) is 4. The molecule has 2 fully saturated rings. The molecule has 1 aliphatic heterocycles. The van der Waals surface area contributed by atoms with E-state index in [9.17, 15) is 9.59 Å². The number of H-pyrrole nitrogens is 1. The van der Waals surface area contributed by atoms with Gasteiger partial charge in [-0.2, -0.15) is 5.10 Å². The van der Waals surface area contributed by atoms with Crippen molar-refractivity contribution >= 4 is 11.8 Å². The molecular weight excluding hydrogens is 344 g/mol. The second-order valence-corrected chi connectivity index (χ2v) is 7.62. The Morgan fingerprint density at radius 3 is 2.78 bits per heavy atom. The van der Waals surface area contributed by atoms with Gasteiger partial charge < -0.3 is 14.8 Å². The molecule has 2 aromatic rings. The number of hydrogen-bond donors (Lipinski definition) is 2. The monoisotopic (exact) mass is 370 g/mol. The molecule has 8 nitrogen and oxygen atoms in total. The first-order valence-electron chi connectivity index (χ1n) is 9.74. The maximum Gasteiger partial charge on any atom is 0.289 e. The Kier molecular flexibility index (Phi) is 4.96. The van der Waals surface area contributed by atoms with Crippen LogP contribution in [0, 0.1) is 0 Å². The van der Waals surface area contributed by atoms with Gasteiger partial charge >= 0.3 is 0 Å². The van der Waals surface area contributed by atoms with Crippen LogP contribution in [-0.2, 0) is 7.05 Å². The van der Waals surface area contributed by atoms with Gasteiger partial charge in [0.15, 0.2) is 5.82 Å². The number of carbonyl (C=O) groups excluding carboxylic acids is 2. The van der Waals surface area contributed by atoms with Crippen LogP contribution in [0.4, 0.5) is 0 Å². The number of imidazole rings is 1. The lowest BCUT2D eigenvalue weighted by atomic mass is 9.94. The van der Waals surface area contributed by atoms with E-state index in [1.54, 1.807) is 17.0 Å². The molecule has 144 valence electrons. The lowest BCUT2D eigenvalue weighted by Crippen LogP contribution is -2.40. The van der Waals surface area contributed by atoms with Crippen LogP contribution in [0.2, 0.25) is 0 Å². The molecule has 27 heavy (non-hydrogen) atoms. The van der Waals surface area contributed by atoms with Gasteiger partial charge in [0.2, 0.25) is 0 Å². The first kappa shape index (κ1) is 17.8. The van der Waals surface area contributed by atoms with Crippen LogP contribution in [0.5, 0.6) is 0 Å². The molecule has 0 radical (unpaired) electrons. The molecule has 1 aliphatic carbocycles. The largest absolute Gasteiger partial charge is 0.348 e. The third kappa shape index (κ3) is 3.74. The predicted molar refractivity (Wildman–Crippen MR) is 99.4 cm³/mol. The van der Waals surface area contributed by atoms with Gasteiger partial charge in [0, 0.05) is 50.2 Å². The minimum atomic E-state index is -0.110. The molecule has 0 aromatic carbocycles. The van der Waals surface area contributed by atoms with Crippen molar-refractivity contribution in [1.29, 1.82) is 0 Å². The Morgan fingerprint density at radius 1 is 1.22 bits per heavy atom. The van der Waals surface area contributed by atoms with E-state index < -0.39 is 0 Å². The summed E-state index contributed by atoms with van der Waals surface area (Å²) in [6, 6.07) is 2.11. The first-order chi connectivity index (χ1) is 13.1. The zero-order valence-electron chi connectivity index (χ0n) is 15.6. The van der Waals surface area contributed by atoms with Gasteiger partial charge in [-0.15, -0.1) is 0 Å². The lowest BCUT2D eigenvalue weighted by molar-refractivity contribution is 0.0689. The zero-order valence-corrected chi connectivity index (χ0v) is 15.6. The molecule has 1 atom stereocenters. The molecule has 2 N–H and O–H groups in total. The fourth-order valence-corrected chi connectivity index (χ4v) is 4.12. The highest BCUT2D eigenvalue weighted by Crippen LogP contribution is 2.27. The molecule has 4 rings (SSSR count). The molecule has 0 spiro atoms. The third-order valence-corrected chi connectivity index (χ3v) is 5.68. The SMILES string of the molecule is Cn1ccnc1C(=O)N1CCC[C@H](c2cc(C(=O)NC3CCCC3)n[nH]2)C1. The number of aromatic nitrogens is 4. The predicted octanol–water partition coefficient (Wildman–Crippen LogP) is 1.84. The van der Waals surface area contributed by atoms with Crippen LogP contribution < -0.4 is 5.32 Å². The third-order valence-electron chi connectivity index (χ3n) is 5.68. The number of rotatable bonds is 4. The summed E-state index contributed by atoms with van der Waals surface area (Å²) in [7, 11) is 1.83. The number of carbonyl (C=O) groups is 2. The highest BCUT2D eigenvalue weighted by Gasteiger charge is 2.29. The van der Waals surface area contributed by atoms with Crippen molar-refractivity contribution in [2.24, 2.45) is 7.05 Å². The maximum atomic E-state index is 12.7. The van der Waals surface area contributed by atoms with Crippen LogP contribution in [0.15, 0.2) is 18.5 Å². The molecule has 1 saturated carbocycles. The smallest absolute Gasteiger partial charge is 0.289 e. The van der Waals surface area contributed by atoms with E-state index in [1.165, 1.54) is 12.8 Å². The highest BCUT2D eigenvalue weighted by atomic mass is 16.2. The van der Waals surface area contributed by atoms with Crippen LogP contribution in [0.3, 0.4) is 0 Å². The van der Waals surface area contributed by atoms with Gasteiger partial charge in [-0.05, 0) is 31.7 Å². The molecule has 0 bridgehead atoms. The summed E-state index contributed by atoms with van der Waals surface area (Å²) in [4.78, 5) is 31.1. The quantitative estimate of drug-likeness (QED) is 0.858. The summed E-state index contributed by atoms with van der Waals surface area (Å²) in [5, 5.41) is 10.3. The zero-order chi connectivity index (χ0) is 18.8. The van der Waals surface area contributed by atoms with Crippen LogP contribution >= 0.6 is 0 Å². The topological polar surface area (TPSA) is 95.9 Å². The van der Waals surface area contributed by atoms with E-state index >= 15 is 0 Å². The van der Waals surface area contributed by atoms with E-state index in [4.69, 9.17) is 0 Å². The summed E-state index contributed by atoms with van der Waals surface area (Å²) in [6.45, 7) is 1.34. The second kappa shape index (κ2) is 7.54. The maximum absolute atomic E-state index is 12.7. The summed E-state index contributed by atoms with van der Waals surface area (Å²) in [5.41, 5.74) is 1.35. The number of likely N-dealkylation sites (tertiary alicyclic amines) is 1. The molecular formula is C19H26N6O2. The van der Waals surface area contributed by atoms with Gasteiger partial charge in [-0.25, -0.2) is 4.98 Å². The molecule has 2 amide bonds. The number of amides is 2. The highest BCUT2D eigenvalue weighted by molar-refractivity contribution is 5.92. The Balaban J connectivity index is 1.41. The van der Waals surface area contributed by atoms with Crippen LogP contribution in [-0.4, -0.2) is 55.6 Å². The molecule has 0 unspecified atom stereocenters. The number of hydrogen-bond acceptors (Lipinski definition) is 4. The molecule has 2 aliphatic rings. The number of aromatic amines is 1. The normalized spacial score (nSPS) is 20.8. The molecule has 1 saturated heterocycles. The standard InChI is InChI=1S/C19H26N6O2/c1-24-10-8-20-17(24)19(27)25-9-4-5-13(12-25)15-11-16(23-22-15)18(26)21-14-6-2-3-7-14/h8,10-11,13-14H,2-7,9,12H2,1H3,(H,21,26)(H,22,23)/t13-/m0/s1. The summed E-state index contributed by atoms with van der Waals surface area (Å²) in [5.74, 6) is 0.451. The number of nitrogens with one attached hydrogen (secondary N) is 2. The van der Waals surface area contributed by atoms with Crippen molar-refractivity contribution in [2.75, 3.05) is 13.1 Å². The van der Waals surface area contributed by atoms with Gasteiger partial charge in [0.05, 0.1) is 0 Å². The van der Waals surface area contributed by atoms with Crippen LogP contribution in [0.25, 0.3) is 0 Å². The van der Waals surface area contributed by atoms with Crippen molar-refractivity contribution in [3.63, 3.8) is 0 Å². The van der Waals surface area contributed by atoms with E-state index in [0.717, 1.165) is 37.9 Å². The molecule has 2 aromatic heterocycles. The van der Waals surface area contributed by atoms with Crippen molar-refractivity contribution in [3.8, 4) is 0 Å². The summed E-state index contributed by atoms with van der Waals surface area (Å²) in [6.07, 6.45) is 9.76. The minimum Gasteiger partial charge on any atom is -0.348 e. The second-order valence-electron chi connectivity index (χ2n) is 7.62. The Morgan fingerprint density at radius 2 is 2.04 bits per heavy atom. The van der Waals surface area contributed by atoms with Crippen LogP contribution in [0.1, 0.15) is 71.2 Å². The van der Waals surface area contributed by atoms with Gasteiger partial charge in [-0.3, -0.25) is 14.7 Å². The first-order valence-corrected chi connectivity index (χ1v) is 9.74. The number of piperidine rings is 1. The fraction of sp³-hybridized carbons (Fsp3) is 0.579. The van der Waals surface area contributed by atoms with E-state index in [0.29, 0.717) is 18.1 Å². The van der Waals surface area contributed by atoms with Crippen molar-refractivity contribution < 1.29 is 9.59 Å². The summed E-state index contributed by atoms with van der Waals surface area (Å²) >= 11 is 0. The minimum absolute atomic E-state index is 0.0501. The molecule has 3 heterocycles. The lowest BCUT2D eigenvalue weighted by Gasteiger charge is -2.31. The average Bonchev–Trinajstić information content (AvgIpc) is 3.43. The molecule has 8 heteroatoms. The Labute approximate surface area is 158 Å². The van der Waals surface area contributed by atoms with Crippen molar-refractivity contribution in [1.82, 2.24) is 30.0 Å². The van der Waals surface area contributed by atoms with Gasteiger partial charge in [0.25, 0.3) is 11.8 Å². The van der Waals surface area contributed by atoms with Gasteiger partial charge in [-0.1, -0.05) is 12.8 Å². The summed E-state index contributed by atoms with van der Waals surface area (Å²) < 4.78 is 1.74. The number of aryl methyl sites for hydroxylation is 1. The van der Waals surface area contributed by atoms with Crippen molar-refractivity contribution in [3.05, 3.63) is 35.7 Å². The van der Waals surface area contributed by atoms with E-state index in [2.05, 4.69) is 20.5 Å². The van der Waals surface area contributed by atoms with Gasteiger partial charge in [0.1, 0.15) is 5.69 Å². The van der Waals surface area contributed by atoms with Crippen molar-refractivity contribution in [2.45, 2.75) is 50.5 Å². The average molecular weight is 370 g/mol. The fourth-order valence-electron chi connectivity index (χ4n) is 4.12. The van der Waals surface area contributed by atoms with E-state index in [-0.39, 0.29) is 23.8 Å². The Hall–Kier alpha value is -2.64. The van der Waals surface area contributed by atoms with E-state index in [1.807, 2.05) is 18.0 Å².